The number of ketones is 1. The zero-order valence-electron chi connectivity index (χ0n) is 16.7. The number of aromatic nitrogens is 1. The molecule has 0 atom stereocenters. The molecule has 1 aromatic heterocycles. The first kappa shape index (κ1) is 21.6. The second kappa shape index (κ2) is 9.00. The molecule has 2 rings (SSSR count). The van der Waals surface area contributed by atoms with Crippen molar-refractivity contribution in [1.82, 2.24) is 4.57 Å². The van der Waals surface area contributed by atoms with Crippen molar-refractivity contribution in [1.29, 1.82) is 5.26 Å². The average molecular weight is 401 g/mol. The van der Waals surface area contributed by atoms with Crippen LogP contribution in [-0.2, 0) is 16.1 Å². The Morgan fingerprint density at radius 3 is 2.39 bits per heavy atom. The van der Waals surface area contributed by atoms with Crippen molar-refractivity contribution in [3.63, 3.8) is 0 Å². The predicted molar refractivity (Wildman–Crippen MR) is 110 cm³/mol. The van der Waals surface area contributed by atoms with Gasteiger partial charge in [0, 0.05) is 12.5 Å². The van der Waals surface area contributed by atoms with E-state index in [1.807, 2.05) is 18.2 Å². The van der Waals surface area contributed by atoms with Crippen LogP contribution in [0.2, 0.25) is 0 Å². The number of Topliss-reactive ketones (excluding diaryl/α,β-unsaturated/α-hetero) is 1. The largest absolute Gasteiger partial charge is 0.497 e. The van der Waals surface area contributed by atoms with Gasteiger partial charge >= 0.3 is 0 Å². The molecule has 0 aliphatic rings. The molecule has 0 bridgehead atoms. The molecule has 0 saturated carbocycles. The van der Waals surface area contributed by atoms with Crippen molar-refractivity contribution in [2.45, 2.75) is 27.3 Å². The lowest BCUT2D eigenvalue weighted by atomic mass is 9.87. The fourth-order valence-electron chi connectivity index (χ4n) is 2.51. The lowest BCUT2D eigenvalue weighted by molar-refractivity contribution is -0.120. The number of thiazole rings is 1. The summed E-state index contributed by atoms with van der Waals surface area (Å²) < 4.78 is 12.5. The topological polar surface area (TPSA) is 81.3 Å². The maximum absolute atomic E-state index is 12.9. The summed E-state index contributed by atoms with van der Waals surface area (Å²) in [7, 11) is 3.13. The Morgan fingerprint density at radius 2 is 1.89 bits per heavy atom. The van der Waals surface area contributed by atoms with Gasteiger partial charge in [0.15, 0.2) is 5.78 Å². The second-order valence-electron chi connectivity index (χ2n) is 7.20. The molecular weight excluding hydrogens is 376 g/mol. The first-order chi connectivity index (χ1) is 13.2. The quantitative estimate of drug-likeness (QED) is 0.737. The van der Waals surface area contributed by atoms with E-state index in [2.05, 4.69) is 0 Å². The van der Waals surface area contributed by atoms with Gasteiger partial charge in [-0.2, -0.15) is 5.26 Å². The monoisotopic (exact) mass is 400 g/mol. The van der Waals surface area contributed by atoms with Gasteiger partial charge in [-0.15, -0.1) is 11.3 Å². The van der Waals surface area contributed by atoms with Crippen LogP contribution in [0.15, 0.2) is 29.1 Å². The summed E-state index contributed by atoms with van der Waals surface area (Å²) in [5.74, 6) is 0.427. The third-order valence-electron chi connectivity index (χ3n) is 4.07. The zero-order valence-corrected chi connectivity index (χ0v) is 17.6. The van der Waals surface area contributed by atoms with E-state index in [4.69, 9.17) is 9.47 Å². The first-order valence-electron chi connectivity index (χ1n) is 8.76. The van der Waals surface area contributed by atoms with Crippen LogP contribution in [0.3, 0.4) is 0 Å². The number of carbonyl (C=O) groups excluding carboxylic acids is 1. The minimum absolute atomic E-state index is 0.0000778. The molecule has 148 valence electrons. The number of nitriles is 1. The van der Waals surface area contributed by atoms with E-state index in [1.54, 1.807) is 46.1 Å². The van der Waals surface area contributed by atoms with Gasteiger partial charge in [-0.3, -0.25) is 14.2 Å². The van der Waals surface area contributed by atoms with Crippen molar-refractivity contribution >= 4 is 28.8 Å². The van der Waals surface area contributed by atoms with E-state index < -0.39 is 5.41 Å². The van der Waals surface area contributed by atoms with Crippen molar-refractivity contribution in [3.8, 4) is 11.8 Å². The summed E-state index contributed by atoms with van der Waals surface area (Å²) in [6.45, 7) is 5.82. The summed E-state index contributed by atoms with van der Waals surface area (Å²) in [4.78, 5) is 25.7. The molecule has 0 N–H and O–H groups in total. The highest BCUT2D eigenvalue weighted by Crippen LogP contribution is 2.19. The maximum atomic E-state index is 12.9. The number of ether oxygens (including phenoxy) is 2. The summed E-state index contributed by atoms with van der Waals surface area (Å²) in [5.41, 5.74) is -0.149. The highest BCUT2D eigenvalue weighted by molar-refractivity contribution is 7.07. The molecule has 0 unspecified atom stereocenters. The smallest absolute Gasteiger partial charge is 0.269 e. The Morgan fingerprint density at radius 1 is 1.25 bits per heavy atom. The van der Waals surface area contributed by atoms with Crippen molar-refractivity contribution < 1.29 is 14.3 Å². The molecule has 0 saturated heterocycles. The van der Waals surface area contributed by atoms with E-state index in [1.165, 1.54) is 11.7 Å². The molecule has 2 aromatic rings. The SMILES string of the molecule is COCCn1c(=O)/c(=C\c2ccc(OC)cc2)s/c1=C(/C#N)C(=O)C(C)(C)C. The molecule has 1 aromatic carbocycles. The summed E-state index contributed by atoms with van der Waals surface area (Å²) in [6.07, 6.45) is 1.75. The minimum Gasteiger partial charge on any atom is -0.497 e. The molecule has 0 amide bonds. The Kier molecular flexibility index (Phi) is 6.95. The van der Waals surface area contributed by atoms with E-state index in [0.717, 1.165) is 22.6 Å². The van der Waals surface area contributed by atoms with Crippen LogP contribution < -0.4 is 19.5 Å². The third-order valence-corrected chi connectivity index (χ3v) is 5.20. The number of nitrogens with zero attached hydrogens (tertiary/aromatic N) is 2. The number of benzene rings is 1. The Balaban J connectivity index is 2.76. The normalized spacial score (nSPS) is 13.2. The number of rotatable bonds is 6. The molecule has 0 aliphatic carbocycles. The average Bonchev–Trinajstić information content (AvgIpc) is 2.96. The van der Waals surface area contributed by atoms with Crippen LogP contribution in [0.5, 0.6) is 5.75 Å². The van der Waals surface area contributed by atoms with Gasteiger partial charge in [0.25, 0.3) is 5.56 Å². The first-order valence-corrected chi connectivity index (χ1v) is 9.58. The Labute approximate surface area is 168 Å². The van der Waals surface area contributed by atoms with Crippen LogP contribution in [0, 0.1) is 16.7 Å². The fourth-order valence-corrected chi connectivity index (χ4v) is 3.64. The predicted octanol–water partition coefficient (Wildman–Crippen LogP) is 1.68. The van der Waals surface area contributed by atoms with Gasteiger partial charge in [0.1, 0.15) is 22.1 Å². The van der Waals surface area contributed by atoms with Crippen molar-refractivity contribution in [2.24, 2.45) is 5.41 Å². The van der Waals surface area contributed by atoms with Gasteiger partial charge in [-0.1, -0.05) is 32.9 Å². The second-order valence-corrected chi connectivity index (χ2v) is 8.24. The van der Waals surface area contributed by atoms with Gasteiger partial charge in [0.05, 0.1) is 24.8 Å². The van der Waals surface area contributed by atoms with Crippen LogP contribution in [0.4, 0.5) is 0 Å². The van der Waals surface area contributed by atoms with Gasteiger partial charge < -0.3 is 9.47 Å². The highest BCUT2D eigenvalue weighted by atomic mass is 32.1. The van der Waals surface area contributed by atoms with E-state index in [0.29, 0.717) is 15.8 Å². The van der Waals surface area contributed by atoms with Gasteiger partial charge in [-0.25, -0.2) is 0 Å². The minimum atomic E-state index is -0.725. The Bertz CT molecular complexity index is 1060. The van der Waals surface area contributed by atoms with Crippen molar-refractivity contribution in [3.05, 3.63) is 49.4 Å². The molecule has 0 spiro atoms. The number of carbonyl (C=O) groups is 1. The summed E-state index contributed by atoms with van der Waals surface area (Å²) in [5, 5.41) is 9.64. The molecule has 0 aliphatic heterocycles. The summed E-state index contributed by atoms with van der Waals surface area (Å²) in [6, 6.07) is 9.30. The molecule has 0 fully saturated rings. The van der Waals surface area contributed by atoms with Crippen LogP contribution in [0.1, 0.15) is 26.3 Å². The van der Waals surface area contributed by atoms with Gasteiger partial charge in [0.2, 0.25) is 0 Å². The zero-order chi connectivity index (χ0) is 20.9. The third kappa shape index (κ3) is 4.77. The Hall–Kier alpha value is -2.69. The molecule has 6 nitrogen and oxygen atoms in total. The van der Waals surface area contributed by atoms with Crippen molar-refractivity contribution in [2.75, 3.05) is 20.8 Å². The lowest BCUT2D eigenvalue weighted by Crippen LogP contribution is -2.35. The lowest BCUT2D eigenvalue weighted by Gasteiger charge is -2.15. The fraction of sp³-hybridized carbons (Fsp3) is 0.381. The van der Waals surface area contributed by atoms with Crippen LogP contribution in [0.25, 0.3) is 11.6 Å². The molecule has 1 heterocycles. The van der Waals surface area contributed by atoms with Crippen LogP contribution >= 0.6 is 11.3 Å². The molecule has 28 heavy (non-hydrogen) atoms. The number of methoxy groups -OCH3 is 2. The molecule has 0 radical (unpaired) electrons. The van der Waals surface area contributed by atoms with E-state index >= 15 is 0 Å². The van der Waals surface area contributed by atoms with Gasteiger partial charge in [-0.05, 0) is 23.8 Å². The van der Waals surface area contributed by atoms with E-state index in [9.17, 15) is 14.9 Å². The maximum Gasteiger partial charge on any atom is 0.269 e. The summed E-state index contributed by atoms with van der Waals surface area (Å²) >= 11 is 1.15. The van der Waals surface area contributed by atoms with E-state index in [-0.39, 0.29) is 23.5 Å². The number of hydrogen-bond acceptors (Lipinski definition) is 6. The molecular formula is C21H24N2O4S. The standard InChI is InChI=1S/C21H24N2O4S/c1-21(2,3)18(24)16(13-22)20-23(10-11-26-4)19(25)17(28-20)12-14-6-8-15(27-5)9-7-14/h6-9,12H,10-11H2,1-5H3/b17-12+,20-16-. The number of hydrogen-bond donors (Lipinski definition) is 0. The molecule has 7 heteroatoms. The highest BCUT2D eigenvalue weighted by Gasteiger charge is 2.27. The van der Waals surface area contributed by atoms with Crippen LogP contribution in [-0.4, -0.2) is 31.2 Å².